The average molecular weight is 279 g/mol. The molecule has 84 valence electrons. The van der Waals surface area contributed by atoms with Gasteiger partial charge < -0.3 is 4.90 Å². The van der Waals surface area contributed by atoms with Crippen molar-refractivity contribution in [1.29, 1.82) is 5.26 Å². The molecule has 1 saturated heterocycles. The number of nitrogens with zero attached hydrogens (tertiary/aromatic N) is 2. The van der Waals surface area contributed by atoms with E-state index in [0.29, 0.717) is 0 Å². The van der Waals surface area contributed by atoms with Crippen LogP contribution in [0.1, 0.15) is 18.4 Å². The van der Waals surface area contributed by atoms with E-state index >= 15 is 0 Å². The van der Waals surface area contributed by atoms with Gasteiger partial charge in [0.05, 0.1) is 11.5 Å². The second-order valence-corrected chi connectivity index (χ2v) is 5.42. The van der Waals surface area contributed by atoms with Crippen molar-refractivity contribution in [3.8, 4) is 6.07 Å². The summed E-state index contributed by atoms with van der Waals surface area (Å²) < 4.78 is 1.05. The SMILES string of the molecule is CN1CCC(C#N)(c2cccc(Br)c2)CC1. The first-order valence-corrected chi connectivity index (χ1v) is 6.31. The topological polar surface area (TPSA) is 27.0 Å². The van der Waals surface area contributed by atoms with Crippen LogP contribution < -0.4 is 0 Å². The Morgan fingerprint density at radius 1 is 1.38 bits per heavy atom. The second-order valence-electron chi connectivity index (χ2n) is 4.51. The zero-order valence-electron chi connectivity index (χ0n) is 9.41. The van der Waals surface area contributed by atoms with Gasteiger partial charge in [-0.05, 0) is 50.7 Å². The number of likely N-dealkylation sites (tertiary alicyclic amines) is 1. The van der Waals surface area contributed by atoms with Gasteiger partial charge in [0.2, 0.25) is 0 Å². The molecule has 1 aromatic carbocycles. The Balaban J connectivity index is 2.32. The summed E-state index contributed by atoms with van der Waals surface area (Å²) in [5, 5.41) is 9.49. The Labute approximate surface area is 105 Å². The number of hydrogen-bond acceptors (Lipinski definition) is 2. The fraction of sp³-hybridized carbons (Fsp3) is 0.462. The van der Waals surface area contributed by atoms with Gasteiger partial charge in [-0.2, -0.15) is 5.26 Å². The molecule has 3 heteroatoms. The van der Waals surface area contributed by atoms with Crippen LogP contribution in [0.3, 0.4) is 0 Å². The van der Waals surface area contributed by atoms with Gasteiger partial charge in [0.15, 0.2) is 0 Å². The fourth-order valence-corrected chi connectivity index (χ4v) is 2.65. The molecule has 0 spiro atoms. The van der Waals surface area contributed by atoms with Crippen molar-refractivity contribution >= 4 is 15.9 Å². The quantitative estimate of drug-likeness (QED) is 0.790. The smallest absolute Gasteiger partial charge is 0.0847 e. The van der Waals surface area contributed by atoms with Crippen molar-refractivity contribution in [2.24, 2.45) is 0 Å². The molecule has 0 aliphatic carbocycles. The lowest BCUT2D eigenvalue weighted by molar-refractivity contribution is 0.222. The number of hydrogen-bond donors (Lipinski definition) is 0. The Kier molecular flexibility index (Phi) is 3.32. The number of benzene rings is 1. The van der Waals surface area contributed by atoms with Gasteiger partial charge in [0.25, 0.3) is 0 Å². The molecule has 0 N–H and O–H groups in total. The van der Waals surface area contributed by atoms with E-state index in [1.807, 2.05) is 12.1 Å². The third-order valence-corrected chi connectivity index (χ3v) is 3.93. The number of nitriles is 1. The van der Waals surface area contributed by atoms with E-state index in [2.05, 4.69) is 46.1 Å². The predicted octanol–water partition coefficient (Wildman–Crippen LogP) is 2.94. The molecule has 1 aromatic rings. The minimum absolute atomic E-state index is 0.281. The monoisotopic (exact) mass is 278 g/mol. The second kappa shape index (κ2) is 4.57. The summed E-state index contributed by atoms with van der Waals surface area (Å²) in [5.41, 5.74) is 0.869. The van der Waals surface area contributed by atoms with E-state index in [4.69, 9.17) is 0 Å². The molecular formula is C13H15BrN2. The highest BCUT2D eigenvalue weighted by Gasteiger charge is 2.35. The standard InChI is InChI=1S/C13H15BrN2/c1-16-7-5-13(10-15,6-8-16)11-3-2-4-12(14)9-11/h2-4,9H,5-8H2,1H3. The van der Waals surface area contributed by atoms with Gasteiger partial charge in [-0.15, -0.1) is 0 Å². The average Bonchev–Trinajstić information content (AvgIpc) is 2.31. The van der Waals surface area contributed by atoms with E-state index in [1.54, 1.807) is 0 Å². The highest BCUT2D eigenvalue weighted by molar-refractivity contribution is 9.10. The fourth-order valence-electron chi connectivity index (χ4n) is 2.25. The Morgan fingerprint density at radius 3 is 2.62 bits per heavy atom. The largest absolute Gasteiger partial charge is 0.306 e. The van der Waals surface area contributed by atoms with Crippen LogP contribution in [0.25, 0.3) is 0 Å². The van der Waals surface area contributed by atoms with Crippen LogP contribution >= 0.6 is 15.9 Å². The third kappa shape index (κ3) is 2.14. The van der Waals surface area contributed by atoms with Gasteiger partial charge >= 0.3 is 0 Å². The summed E-state index contributed by atoms with van der Waals surface area (Å²) in [7, 11) is 2.11. The van der Waals surface area contributed by atoms with Gasteiger partial charge in [0.1, 0.15) is 0 Å². The lowest BCUT2D eigenvalue weighted by Crippen LogP contribution is -2.39. The zero-order chi connectivity index (χ0) is 11.6. The Morgan fingerprint density at radius 2 is 2.06 bits per heavy atom. The highest BCUT2D eigenvalue weighted by Crippen LogP contribution is 2.35. The maximum absolute atomic E-state index is 9.49. The van der Waals surface area contributed by atoms with E-state index < -0.39 is 0 Å². The van der Waals surface area contributed by atoms with Crippen molar-refractivity contribution < 1.29 is 0 Å². The van der Waals surface area contributed by atoms with Crippen LogP contribution in [0.2, 0.25) is 0 Å². The van der Waals surface area contributed by atoms with Gasteiger partial charge in [-0.25, -0.2) is 0 Å². The van der Waals surface area contributed by atoms with Crippen molar-refractivity contribution in [2.45, 2.75) is 18.3 Å². The molecule has 1 heterocycles. The van der Waals surface area contributed by atoms with Crippen LogP contribution in [-0.2, 0) is 5.41 Å². The molecule has 0 aromatic heterocycles. The van der Waals surface area contributed by atoms with Crippen LogP contribution in [0.4, 0.5) is 0 Å². The summed E-state index contributed by atoms with van der Waals surface area (Å²) in [4.78, 5) is 2.29. The van der Waals surface area contributed by atoms with Crippen molar-refractivity contribution in [3.63, 3.8) is 0 Å². The summed E-state index contributed by atoms with van der Waals surface area (Å²) >= 11 is 3.47. The van der Waals surface area contributed by atoms with E-state index in [-0.39, 0.29) is 5.41 Å². The molecule has 0 saturated carbocycles. The normalized spacial score (nSPS) is 20.3. The van der Waals surface area contributed by atoms with Crippen LogP contribution in [0, 0.1) is 11.3 Å². The third-order valence-electron chi connectivity index (χ3n) is 3.43. The molecule has 2 rings (SSSR count). The Hall–Kier alpha value is -0.850. The molecule has 16 heavy (non-hydrogen) atoms. The minimum Gasteiger partial charge on any atom is -0.306 e. The first kappa shape index (κ1) is 11.6. The summed E-state index contributed by atoms with van der Waals surface area (Å²) in [6, 6.07) is 10.7. The first-order valence-electron chi connectivity index (χ1n) is 5.52. The number of piperidine rings is 1. The summed E-state index contributed by atoms with van der Waals surface area (Å²) in [6.07, 6.45) is 1.85. The number of halogens is 1. The zero-order valence-corrected chi connectivity index (χ0v) is 11.0. The molecule has 0 bridgehead atoms. The highest BCUT2D eigenvalue weighted by atomic mass is 79.9. The molecule has 0 radical (unpaired) electrons. The van der Waals surface area contributed by atoms with E-state index in [1.165, 1.54) is 0 Å². The van der Waals surface area contributed by atoms with Crippen molar-refractivity contribution in [3.05, 3.63) is 34.3 Å². The summed E-state index contributed by atoms with van der Waals surface area (Å²) in [5.74, 6) is 0. The van der Waals surface area contributed by atoms with E-state index in [0.717, 1.165) is 36.0 Å². The van der Waals surface area contributed by atoms with E-state index in [9.17, 15) is 5.26 Å². The molecular weight excluding hydrogens is 264 g/mol. The van der Waals surface area contributed by atoms with Crippen LogP contribution in [0.15, 0.2) is 28.7 Å². The Bertz CT molecular complexity index is 414. The van der Waals surface area contributed by atoms with Crippen LogP contribution in [-0.4, -0.2) is 25.0 Å². The van der Waals surface area contributed by atoms with Crippen molar-refractivity contribution in [1.82, 2.24) is 4.90 Å². The van der Waals surface area contributed by atoms with Gasteiger partial charge in [-0.1, -0.05) is 28.1 Å². The molecule has 1 aliphatic rings. The first-order chi connectivity index (χ1) is 7.66. The maximum Gasteiger partial charge on any atom is 0.0847 e. The maximum atomic E-state index is 9.49. The van der Waals surface area contributed by atoms with Gasteiger partial charge in [0, 0.05) is 4.47 Å². The van der Waals surface area contributed by atoms with Crippen molar-refractivity contribution in [2.75, 3.05) is 20.1 Å². The molecule has 0 atom stereocenters. The minimum atomic E-state index is -0.281. The molecule has 0 amide bonds. The predicted molar refractivity (Wildman–Crippen MR) is 68.2 cm³/mol. The molecule has 1 aliphatic heterocycles. The lowest BCUT2D eigenvalue weighted by atomic mass is 9.74. The lowest BCUT2D eigenvalue weighted by Gasteiger charge is -2.35. The summed E-state index contributed by atoms with van der Waals surface area (Å²) in [6.45, 7) is 2.00. The molecule has 0 unspecified atom stereocenters. The molecule has 1 fully saturated rings. The number of rotatable bonds is 1. The van der Waals surface area contributed by atoms with Gasteiger partial charge in [-0.3, -0.25) is 0 Å². The molecule has 2 nitrogen and oxygen atoms in total. The van der Waals surface area contributed by atoms with Crippen LogP contribution in [0.5, 0.6) is 0 Å².